The van der Waals surface area contributed by atoms with E-state index < -0.39 is 0 Å². The summed E-state index contributed by atoms with van der Waals surface area (Å²) in [7, 11) is 0. The van der Waals surface area contributed by atoms with E-state index in [2.05, 4.69) is 5.32 Å². The van der Waals surface area contributed by atoms with Crippen LogP contribution >= 0.6 is 0 Å². The lowest BCUT2D eigenvalue weighted by atomic mass is 10.2. The van der Waals surface area contributed by atoms with Crippen LogP contribution in [-0.2, 0) is 9.59 Å². The monoisotopic (exact) mass is 207 g/mol. The van der Waals surface area contributed by atoms with Crippen molar-refractivity contribution in [3.63, 3.8) is 0 Å². The van der Waals surface area contributed by atoms with Crippen LogP contribution in [0.15, 0.2) is 24.3 Å². The molecule has 0 unspecified atom stereocenters. The largest absolute Gasteiger partial charge is 0.508 e. The molecule has 1 aromatic carbocycles. The standard InChI is InChI=1S/C11H13NO3/c1-8(13)5-6-11(15)12-9-3-2-4-10(14)7-9/h2-4,7,14H,5-6H2,1H3,(H,12,15). The molecule has 0 aliphatic heterocycles. The molecule has 0 bridgehead atoms. The van der Waals surface area contributed by atoms with Crippen molar-refractivity contribution in [2.45, 2.75) is 19.8 Å². The molecule has 4 nitrogen and oxygen atoms in total. The minimum atomic E-state index is -0.226. The lowest BCUT2D eigenvalue weighted by Crippen LogP contribution is -2.12. The summed E-state index contributed by atoms with van der Waals surface area (Å²) in [4.78, 5) is 21.9. The van der Waals surface area contributed by atoms with E-state index in [9.17, 15) is 9.59 Å². The Morgan fingerprint density at radius 2 is 2.07 bits per heavy atom. The predicted octanol–water partition coefficient (Wildman–Crippen LogP) is 1.70. The third-order valence-corrected chi connectivity index (χ3v) is 1.83. The fourth-order valence-corrected chi connectivity index (χ4v) is 1.10. The predicted molar refractivity (Wildman–Crippen MR) is 56.7 cm³/mol. The Labute approximate surface area is 87.9 Å². The molecule has 2 N–H and O–H groups in total. The molecule has 1 aromatic rings. The van der Waals surface area contributed by atoms with E-state index in [0.717, 1.165) is 0 Å². The average molecular weight is 207 g/mol. The van der Waals surface area contributed by atoms with Gasteiger partial charge in [0.05, 0.1) is 0 Å². The first-order chi connectivity index (χ1) is 7.08. The number of rotatable bonds is 4. The van der Waals surface area contributed by atoms with Gasteiger partial charge >= 0.3 is 0 Å². The van der Waals surface area contributed by atoms with Gasteiger partial charge in [-0.25, -0.2) is 0 Å². The van der Waals surface area contributed by atoms with Gasteiger partial charge in [0.15, 0.2) is 0 Å². The molecule has 0 fully saturated rings. The highest BCUT2D eigenvalue weighted by Gasteiger charge is 2.04. The third-order valence-electron chi connectivity index (χ3n) is 1.83. The highest BCUT2D eigenvalue weighted by molar-refractivity contribution is 5.93. The number of ketones is 1. The van der Waals surface area contributed by atoms with Crippen molar-refractivity contribution in [3.05, 3.63) is 24.3 Å². The molecule has 0 radical (unpaired) electrons. The van der Waals surface area contributed by atoms with Crippen LogP contribution in [0.25, 0.3) is 0 Å². The van der Waals surface area contributed by atoms with Gasteiger partial charge in [0, 0.05) is 24.6 Å². The highest BCUT2D eigenvalue weighted by atomic mass is 16.3. The zero-order chi connectivity index (χ0) is 11.3. The molecule has 0 aliphatic carbocycles. The maximum absolute atomic E-state index is 11.3. The number of hydrogen-bond acceptors (Lipinski definition) is 3. The van der Waals surface area contributed by atoms with Gasteiger partial charge in [-0.05, 0) is 19.1 Å². The number of phenolic OH excluding ortho intramolecular Hbond substituents is 1. The van der Waals surface area contributed by atoms with Crippen molar-refractivity contribution in [1.29, 1.82) is 0 Å². The van der Waals surface area contributed by atoms with Crippen LogP contribution in [-0.4, -0.2) is 16.8 Å². The summed E-state index contributed by atoms with van der Waals surface area (Å²) in [6, 6.07) is 6.28. The molecule has 0 aromatic heterocycles. The number of Topliss-reactive ketones (excluding diaryl/α,β-unsaturated/α-hetero) is 1. The van der Waals surface area contributed by atoms with Crippen molar-refractivity contribution < 1.29 is 14.7 Å². The molecule has 0 aliphatic rings. The first kappa shape index (κ1) is 11.2. The molecule has 0 heterocycles. The summed E-state index contributed by atoms with van der Waals surface area (Å²) in [6.45, 7) is 1.45. The molecule has 15 heavy (non-hydrogen) atoms. The van der Waals surface area contributed by atoms with Gasteiger partial charge in [-0.3, -0.25) is 4.79 Å². The molecule has 4 heteroatoms. The van der Waals surface area contributed by atoms with Crippen LogP contribution in [0.3, 0.4) is 0 Å². The van der Waals surface area contributed by atoms with Gasteiger partial charge in [0.1, 0.15) is 11.5 Å². The van der Waals surface area contributed by atoms with Crippen molar-refractivity contribution in [2.75, 3.05) is 5.32 Å². The third kappa shape index (κ3) is 4.26. The van der Waals surface area contributed by atoms with E-state index in [-0.39, 0.29) is 30.3 Å². The normalized spacial score (nSPS) is 9.67. The molecule has 80 valence electrons. The van der Waals surface area contributed by atoms with Crippen LogP contribution in [0.1, 0.15) is 19.8 Å². The number of hydrogen-bond donors (Lipinski definition) is 2. The molecule has 0 atom stereocenters. The van der Waals surface area contributed by atoms with E-state index in [4.69, 9.17) is 5.11 Å². The Balaban J connectivity index is 2.48. The maximum atomic E-state index is 11.3. The number of carbonyl (C=O) groups is 2. The smallest absolute Gasteiger partial charge is 0.224 e. The average Bonchev–Trinajstić information content (AvgIpc) is 2.15. The topological polar surface area (TPSA) is 66.4 Å². The van der Waals surface area contributed by atoms with Crippen LogP contribution in [0.5, 0.6) is 5.75 Å². The molecule has 1 amide bonds. The van der Waals surface area contributed by atoms with E-state index in [1.165, 1.54) is 19.1 Å². The SMILES string of the molecule is CC(=O)CCC(=O)Nc1cccc(O)c1. The van der Waals surface area contributed by atoms with Gasteiger partial charge in [-0.2, -0.15) is 0 Å². The van der Waals surface area contributed by atoms with Gasteiger partial charge in [-0.15, -0.1) is 0 Å². The number of amides is 1. The summed E-state index contributed by atoms with van der Waals surface area (Å²) in [5.74, 6) is -0.142. The first-order valence-corrected chi connectivity index (χ1v) is 4.66. The maximum Gasteiger partial charge on any atom is 0.224 e. The minimum absolute atomic E-state index is 0.0129. The highest BCUT2D eigenvalue weighted by Crippen LogP contribution is 2.15. The number of phenols is 1. The fourth-order valence-electron chi connectivity index (χ4n) is 1.10. The summed E-state index contributed by atoms with van der Waals surface area (Å²) < 4.78 is 0. The van der Waals surface area contributed by atoms with Crippen molar-refractivity contribution in [1.82, 2.24) is 0 Å². The second-order valence-corrected chi connectivity index (χ2v) is 3.30. The first-order valence-electron chi connectivity index (χ1n) is 4.66. The molecule has 0 spiro atoms. The molecular formula is C11H13NO3. The second kappa shape index (κ2) is 5.14. The van der Waals surface area contributed by atoms with E-state index in [1.807, 2.05) is 0 Å². The lowest BCUT2D eigenvalue weighted by molar-refractivity contribution is -0.121. The van der Waals surface area contributed by atoms with Crippen molar-refractivity contribution >= 4 is 17.4 Å². The zero-order valence-corrected chi connectivity index (χ0v) is 8.49. The fraction of sp³-hybridized carbons (Fsp3) is 0.273. The van der Waals surface area contributed by atoms with Crippen molar-refractivity contribution in [3.8, 4) is 5.75 Å². The minimum Gasteiger partial charge on any atom is -0.508 e. The molecule has 0 saturated carbocycles. The lowest BCUT2D eigenvalue weighted by Gasteiger charge is -2.04. The Morgan fingerprint density at radius 3 is 2.67 bits per heavy atom. The Kier molecular flexibility index (Phi) is 3.85. The second-order valence-electron chi connectivity index (χ2n) is 3.30. The number of benzene rings is 1. The van der Waals surface area contributed by atoms with Crippen molar-refractivity contribution in [2.24, 2.45) is 0 Å². The van der Waals surface area contributed by atoms with Gasteiger partial charge in [0.2, 0.25) is 5.91 Å². The Morgan fingerprint density at radius 1 is 1.33 bits per heavy atom. The number of nitrogens with one attached hydrogen (secondary N) is 1. The zero-order valence-electron chi connectivity index (χ0n) is 8.49. The molecular weight excluding hydrogens is 194 g/mol. The number of aromatic hydroxyl groups is 1. The quantitative estimate of drug-likeness (QED) is 0.789. The van der Waals surface area contributed by atoms with Gasteiger partial charge in [0.25, 0.3) is 0 Å². The summed E-state index contributed by atoms with van der Waals surface area (Å²) in [5, 5.41) is 11.7. The summed E-state index contributed by atoms with van der Waals surface area (Å²) >= 11 is 0. The summed E-state index contributed by atoms with van der Waals surface area (Å²) in [6.07, 6.45) is 0.412. The van der Waals surface area contributed by atoms with Gasteiger partial charge in [-0.1, -0.05) is 6.07 Å². The molecule has 1 rings (SSSR count). The Bertz CT molecular complexity index is 374. The van der Waals surface area contributed by atoms with Crippen LogP contribution in [0.2, 0.25) is 0 Å². The van der Waals surface area contributed by atoms with E-state index >= 15 is 0 Å². The van der Waals surface area contributed by atoms with Gasteiger partial charge < -0.3 is 15.2 Å². The van der Waals surface area contributed by atoms with Crippen LogP contribution in [0, 0.1) is 0 Å². The Hall–Kier alpha value is -1.84. The number of carbonyl (C=O) groups excluding carboxylic acids is 2. The molecule has 0 saturated heterocycles. The number of anilines is 1. The van der Waals surface area contributed by atoms with E-state index in [0.29, 0.717) is 5.69 Å². The van der Waals surface area contributed by atoms with Crippen LogP contribution < -0.4 is 5.32 Å². The summed E-state index contributed by atoms with van der Waals surface area (Å²) in [5.41, 5.74) is 0.531. The van der Waals surface area contributed by atoms with Crippen LogP contribution in [0.4, 0.5) is 5.69 Å². The van der Waals surface area contributed by atoms with E-state index in [1.54, 1.807) is 12.1 Å².